The van der Waals surface area contributed by atoms with Gasteiger partial charge in [-0.3, -0.25) is 0 Å². The predicted octanol–water partition coefficient (Wildman–Crippen LogP) is 5.04. The van der Waals surface area contributed by atoms with Gasteiger partial charge in [-0.2, -0.15) is 0 Å². The van der Waals surface area contributed by atoms with Gasteiger partial charge in [0.15, 0.2) is 0 Å². The molecular weight excluding hydrogens is 242 g/mol. The first-order chi connectivity index (χ1) is 9.62. The van der Waals surface area contributed by atoms with E-state index in [4.69, 9.17) is 0 Å². The van der Waals surface area contributed by atoms with Gasteiger partial charge in [0, 0.05) is 6.04 Å². The molecule has 0 saturated heterocycles. The van der Waals surface area contributed by atoms with Crippen LogP contribution in [0.2, 0.25) is 0 Å². The molecule has 0 aromatic heterocycles. The zero-order chi connectivity index (χ0) is 14.2. The number of hydrogen-bond acceptors (Lipinski definition) is 1. The monoisotopic (exact) mass is 271 g/mol. The second kappa shape index (κ2) is 5.52. The van der Waals surface area contributed by atoms with Gasteiger partial charge in [0.25, 0.3) is 0 Å². The van der Waals surface area contributed by atoms with Crippen LogP contribution in [0.3, 0.4) is 0 Å². The molecule has 2 saturated carbocycles. The highest BCUT2D eigenvalue weighted by atomic mass is 14.9. The topological polar surface area (TPSA) is 12.0 Å². The molecule has 2 aliphatic carbocycles. The highest BCUT2D eigenvalue weighted by Crippen LogP contribution is 2.49. The summed E-state index contributed by atoms with van der Waals surface area (Å²) in [6.07, 6.45) is 8.33. The van der Waals surface area contributed by atoms with E-state index in [2.05, 4.69) is 50.5 Å². The highest BCUT2D eigenvalue weighted by molar-refractivity contribution is 5.30. The van der Waals surface area contributed by atoms with Gasteiger partial charge in [-0.25, -0.2) is 0 Å². The van der Waals surface area contributed by atoms with Crippen molar-refractivity contribution >= 4 is 0 Å². The molecule has 1 aromatic carbocycles. The Balaban J connectivity index is 1.85. The van der Waals surface area contributed by atoms with E-state index in [0.29, 0.717) is 11.5 Å². The Hall–Kier alpha value is -0.820. The summed E-state index contributed by atoms with van der Waals surface area (Å²) in [7, 11) is 2.13. The third-order valence-corrected chi connectivity index (χ3v) is 5.90. The number of nitrogens with one attached hydrogen (secondary N) is 1. The van der Waals surface area contributed by atoms with Gasteiger partial charge in [0.1, 0.15) is 0 Å². The van der Waals surface area contributed by atoms with Gasteiger partial charge in [0.2, 0.25) is 0 Å². The molecule has 0 aliphatic heterocycles. The summed E-state index contributed by atoms with van der Waals surface area (Å²) in [5, 5.41) is 3.62. The molecule has 1 N–H and O–H groups in total. The van der Waals surface area contributed by atoms with Crippen LogP contribution in [0.25, 0.3) is 0 Å². The van der Waals surface area contributed by atoms with Crippen LogP contribution in [0.15, 0.2) is 24.3 Å². The lowest BCUT2D eigenvalue weighted by atomic mass is 9.74. The van der Waals surface area contributed by atoms with E-state index in [9.17, 15) is 0 Å². The molecule has 3 rings (SSSR count). The summed E-state index contributed by atoms with van der Waals surface area (Å²) < 4.78 is 0. The molecule has 2 aliphatic rings. The van der Waals surface area contributed by atoms with Crippen molar-refractivity contribution < 1.29 is 0 Å². The molecule has 1 nitrogen and oxygen atoms in total. The molecule has 0 bridgehead atoms. The van der Waals surface area contributed by atoms with Gasteiger partial charge in [-0.05, 0) is 61.1 Å². The van der Waals surface area contributed by atoms with Gasteiger partial charge in [-0.1, -0.05) is 51.0 Å². The third kappa shape index (κ3) is 2.53. The average molecular weight is 271 g/mol. The molecule has 20 heavy (non-hydrogen) atoms. The van der Waals surface area contributed by atoms with Gasteiger partial charge in [-0.15, -0.1) is 0 Å². The summed E-state index contributed by atoms with van der Waals surface area (Å²) >= 11 is 0. The van der Waals surface area contributed by atoms with Crippen LogP contribution >= 0.6 is 0 Å². The minimum absolute atomic E-state index is 0.472. The smallest absolute Gasteiger partial charge is 0.0351 e. The van der Waals surface area contributed by atoms with Crippen molar-refractivity contribution in [2.45, 2.75) is 64.3 Å². The van der Waals surface area contributed by atoms with E-state index < -0.39 is 0 Å². The molecule has 0 amide bonds. The zero-order valence-electron chi connectivity index (χ0n) is 13.3. The maximum Gasteiger partial charge on any atom is 0.0351 e. The Labute approximate surface area is 124 Å². The largest absolute Gasteiger partial charge is 0.313 e. The summed E-state index contributed by atoms with van der Waals surface area (Å²) in [4.78, 5) is 0. The predicted molar refractivity (Wildman–Crippen MR) is 86.0 cm³/mol. The molecule has 0 spiro atoms. The van der Waals surface area contributed by atoms with Crippen LogP contribution in [-0.4, -0.2) is 7.05 Å². The molecule has 0 heterocycles. The molecule has 0 radical (unpaired) electrons. The average Bonchev–Trinajstić information content (AvgIpc) is 2.69. The lowest BCUT2D eigenvalue weighted by Crippen LogP contribution is -2.32. The Bertz CT molecular complexity index is 459. The van der Waals surface area contributed by atoms with Crippen LogP contribution in [0.5, 0.6) is 0 Å². The molecular formula is C19H29N. The third-order valence-electron chi connectivity index (χ3n) is 5.90. The van der Waals surface area contributed by atoms with Crippen molar-refractivity contribution in [1.82, 2.24) is 5.32 Å². The molecule has 110 valence electrons. The molecule has 1 heteroatoms. The van der Waals surface area contributed by atoms with E-state index >= 15 is 0 Å². The summed E-state index contributed by atoms with van der Waals surface area (Å²) in [5.41, 5.74) is 3.56. The summed E-state index contributed by atoms with van der Waals surface area (Å²) in [6, 6.07) is 9.94. The van der Waals surface area contributed by atoms with E-state index in [1.54, 1.807) is 5.56 Å². The van der Waals surface area contributed by atoms with E-state index in [0.717, 1.165) is 11.8 Å². The second-order valence-electron chi connectivity index (χ2n) is 7.55. The second-order valence-corrected chi connectivity index (χ2v) is 7.55. The maximum absolute atomic E-state index is 3.62. The van der Waals surface area contributed by atoms with Crippen molar-refractivity contribution in [3.63, 3.8) is 0 Å². The van der Waals surface area contributed by atoms with Crippen LogP contribution in [0.1, 0.15) is 75.5 Å². The van der Waals surface area contributed by atoms with Crippen molar-refractivity contribution in [1.29, 1.82) is 0 Å². The van der Waals surface area contributed by atoms with Gasteiger partial charge >= 0.3 is 0 Å². The Morgan fingerprint density at radius 3 is 2.50 bits per heavy atom. The Kier molecular flexibility index (Phi) is 3.90. The van der Waals surface area contributed by atoms with Crippen LogP contribution < -0.4 is 5.32 Å². The van der Waals surface area contributed by atoms with Crippen LogP contribution in [-0.2, 0) is 0 Å². The fraction of sp³-hybridized carbons (Fsp3) is 0.684. The molecule has 2 atom stereocenters. The number of rotatable bonds is 4. The SMILES string of the molecule is CNC(c1cccc(C2CCC2)c1)C1CCCC1(C)C. The fourth-order valence-corrected chi connectivity index (χ4v) is 4.32. The van der Waals surface area contributed by atoms with Gasteiger partial charge < -0.3 is 5.32 Å². The molecule has 2 unspecified atom stereocenters. The lowest BCUT2D eigenvalue weighted by molar-refractivity contribution is 0.203. The van der Waals surface area contributed by atoms with Crippen LogP contribution in [0.4, 0.5) is 0 Å². The maximum atomic E-state index is 3.62. The van der Waals surface area contributed by atoms with Gasteiger partial charge in [0.05, 0.1) is 0 Å². The van der Waals surface area contributed by atoms with E-state index in [1.807, 2.05) is 0 Å². The lowest BCUT2D eigenvalue weighted by Gasteiger charge is -2.35. The van der Waals surface area contributed by atoms with Crippen molar-refractivity contribution in [2.24, 2.45) is 11.3 Å². The van der Waals surface area contributed by atoms with Crippen molar-refractivity contribution in [3.8, 4) is 0 Å². The molecule has 2 fully saturated rings. The normalized spacial score (nSPS) is 27.2. The summed E-state index contributed by atoms with van der Waals surface area (Å²) in [5.74, 6) is 1.60. The first kappa shape index (κ1) is 14.1. The van der Waals surface area contributed by atoms with Crippen molar-refractivity contribution in [3.05, 3.63) is 35.4 Å². The standard InChI is InChI=1S/C19H29N/c1-19(2)12-6-11-17(19)18(20-3)16-10-5-9-15(13-16)14-7-4-8-14/h5,9-10,13-14,17-18,20H,4,6-8,11-12H2,1-3H3. The Morgan fingerprint density at radius 1 is 1.15 bits per heavy atom. The van der Waals surface area contributed by atoms with Crippen LogP contribution in [0, 0.1) is 11.3 Å². The summed E-state index contributed by atoms with van der Waals surface area (Å²) in [6.45, 7) is 4.90. The first-order valence-corrected chi connectivity index (χ1v) is 8.39. The minimum Gasteiger partial charge on any atom is -0.313 e. The quantitative estimate of drug-likeness (QED) is 0.809. The molecule has 1 aromatic rings. The highest BCUT2D eigenvalue weighted by Gasteiger charge is 2.39. The number of hydrogen-bond donors (Lipinski definition) is 1. The first-order valence-electron chi connectivity index (χ1n) is 8.39. The minimum atomic E-state index is 0.472. The fourth-order valence-electron chi connectivity index (χ4n) is 4.32. The number of benzene rings is 1. The Morgan fingerprint density at radius 2 is 1.95 bits per heavy atom. The zero-order valence-corrected chi connectivity index (χ0v) is 13.3. The van der Waals surface area contributed by atoms with E-state index in [1.165, 1.54) is 44.1 Å². The van der Waals surface area contributed by atoms with E-state index in [-0.39, 0.29) is 0 Å². The van der Waals surface area contributed by atoms with Crippen molar-refractivity contribution in [2.75, 3.05) is 7.05 Å².